The first kappa shape index (κ1) is 54.2. The maximum Gasteiger partial charge on any atom is 0.335 e. The fraction of sp³-hybridized carbons (Fsp3) is 0.771. The molecule has 0 bridgehead atoms. The van der Waals surface area contributed by atoms with Crippen LogP contribution in [-0.2, 0) is 33.3 Å². The molecule has 1 aliphatic heterocycles. The van der Waals surface area contributed by atoms with Crippen molar-refractivity contribution in [2.24, 2.45) is 0 Å². The number of allylic oxidation sites excluding steroid dienone is 8. The summed E-state index contributed by atoms with van der Waals surface area (Å²) in [6.45, 7) is 3.69. The van der Waals surface area contributed by atoms with Crippen LogP contribution < -0.4 is 0 Å². The molecule has 1 heterocycles. The average Bonchev–Trinajstić information content (AvgIpc) is 3.22. The van der Waals surface area contributed by atoms with E-state index in [0.717, 1.165) is 70.6 Å². The van der Waals surface area contributed by atoms with Crippen molar-refractivity contribution in [1.82, 2.24) is 0 Å². The molecule has 0 saturated carbocycles. The molecule has 1 saturated heterocycles. The molecule has 0 aliphatic carbocycles. The number of rotatable bonds is 38. The number of aliphatic carboxylic acids is 1. The lowest BCUT2D eigenvalue weighted by Crippen LogP contribution is -2.60. The number of hydrogen-bond donors (Lipinski definition) is 4. The number of ether oxygens (including phenoxy) is 4. The lowest BCUT2D eigenvalue weighted by atomic mass is 9.99. The molecular formula is C48H82O11. The van der Waals surface area contributed by atoms with Crippen LogP contribution in [-0.4, -0.2) is 88.4 Å². The first-order valence-electron chi connectivity index (χ1n) is 23.2. The van der Waals surface area contributed by atoms with Crippen molar-refractivity contribution in [3.8, 4) is 0 Å². The van der Waals surface area contributed by atoms with Crippen LogP contribution >= 0.6 is 0 Å². The smallest absolute Gasteiger partial charge is 0.335 e. The molecule has 1 aliphatic rings. The Morgan fingerprint density at radius 1 is 0.542 bits per heavy atom. The van der Waals surface area contributed by atoms with Gasteiger partial charge in [-0.05, 0) is 51.4 Å². The highest BCUT2D eigenvalue weighted by molar-refractivity contribution is 5.73. The van der Waals surface area contributed by atoms with Crippen LogP contribution in [0.2, 0.25) is 0 Å². The predicted molar refractivity (Wildman–Crippen MR) is 234 cm³/mol. The number of carbonyl (C=O) groups excluding carboxylic acids is 2. The van der Waals surface area contributed by atoms with E-state index in [-0.39, 0.29) is 19.4 Å². The molecule has 340 valence electrons. The summed E-state index contributed by atoms with van der Waals surface area (Å²) in [6, 6.07) is 0. The van der Waals surface area contributed by atoms with Gasteiger partial charge < -0.3 is 39.4 Å². The van der Waals surface area contributed by atoms with E-state index in [1.165, 1.54) is 77.0 Å². The summed E-state index contributed by atoms with van der Waals surface area (Å²) in [5.41, 5.74) is 0. The van der Waals surface area contributed by atoms with Crippen molar-refractivity contribution in [3.63, 3.8) is 0 Å². The second-order valence-electron chi connectivity index (χ2n) is 15.9. The molecule has 0 aromatic carbocycles. The van der Waals surface area contributed by atoms with Crippen LogP contribution in [0.3, 0.4) is 0 Å². The van der Waals surface area contributed by atoms with Crippen LogP contribution in [0.15, 0.2) is 48.6 Å². The number of hydrogen-bond acceptors (Lipinski definition) is 10. The zero-order valence-corrected chi connectivity index (χ0v) is 36.7. The fourth-order valence-corrected chi connectivity index (χ4v) is 6.81. The predicted octanol–water partition coefficient (Wildman–Crippen LogP) is 10.1. The van der Waals surface area contributed by atoms with E-state index in [4.69, 9.17) is 18.9 Å². The van der Waals surface area contributed by atoms with Gasteiger partial charge >= 0.3 is 17.9 Å². The van der Waals surface area contributed by atoms with Crippen molar-refractivity contribution in [3.05, 3.63) is 48.6 Å². The van der Waals surface area contributed by atoms with Crippen molar-refractivity contribution in [2.45, 2.75) is 224 Å². The van der Waals surface area contributed by atoms with Gasteiger partial charge in [0.2, 0.25) is 0 Å². The van der Waals surface area contributed by atoms with Gasteiger partial charge in [0.15, 0.2) is 18.5 Å². The number of esters is 2. The minimum absolute atomic E-state index is 0.179. The van der Waals surface area contributed by atoms with Crippen molar-refractivity contribution in [2.75, 3.05) is 13.2 Å². The zero-order valence-electron chi connectivity index (χ0n) is 36.7. The maximum atomic E-state index is 12.8. The summed E-state index contributed by atoms with van der Waals surface area (Å²) in [6.07, 6.45) is 35.9. The summed E-state index contributed by atoms with van der Waals surface area (Å²) in [5, 5.41) is 39.8. The number of unbranched alkanes of at least 4 members (excludes halogenated alkanes) is 19. The third-order valence-electron chi connectivity index (χ3n) is 10.4. The lowest BCUT2D eigenvalue weighted by molar-refractivity contribution is -0.298. The number of carbonyl (C=O) groups is 3. The summed E-state index contributed by atoms with van der Waals surface area (Å²) >= 11 is 0. The second-order valence-corrected chi connectivity index (χ2v) is 15.9. The summed E-state index contributed by atoms with van der Waals surface area (Å²) in [5.74, 6) is -2.47. The van der Waals surface area contributed by atoms with Gasteiger partial charge in [-0.2, -0.15) is 0 Å². The Kier molecular flexibility index (Phi) is 35.0. The van der Waals surface area contributed by atoms with Crippen LogP contribution in [0.25, 0.3) is 0 Å². The molecule has 11 nitrogen and oxygen atoms in total. The van der Waals surface area contributed by atoms with Gasteiger partial charge in [-0.15, -0.1) is 0 Å². The fourth-order valence-electron chi connectivity index (χ4n) is 6.81. The molecule has 0 amide bonds. The molecule has 6 atom stereocenters. The Labute approximate surface area is 356 Å². The molecule has 0 aromatic heterocycles. The molecule has 1 rings (SSSR count). The van der Waals surface area contributed by atoms with Crippen molar-refractivity contribution >= 4 is 17.9 Å². The van der Waals surface area contributed by atoms with Gasteiger partial charge in [0.1, 0.15) is 24.9 Å². The van der Waals surface area contributed by atoms with Crippen molar-refractivity contribution < 1.29 is 53.8 Å². The largest absolute Gasteiger partial charge is 0.479 e. The van der Waals surface area contributed by atoms with E-state index in [1.54, 1.807) is 0 Å². The first-order valence-corrected chi connectivity index (χ1v) is 23.2. The van der Waals surface area contributed by atoms with Gasteiger partial charge in [-0.25, -0.2) is 4.79 Å². The Hall–Kier alpha value is -2.83. The van der Waals surface area contributed by atoms with Gasteiger partial charge in [0.05, 0.1) is 6.61 Å². The molecule has 0 spiro atoms. The third kappa shape index (κ3) is 29.9. The Bertz CT molecular complexity index is 1170. The Morgan fingerprint density at radius 2 is 1.00 bits per heavy atom. The first-order chi connectivity index (χ1) is 28.7. The standard InChI is InChI=1S/C48H82O11/c1-3-5-7-9-11-13-15-17-19-21-23-24-26-28-30-32-34-36-41(49)56-38-40(39-57-48-45(53)43(51)44(52)46(59-48)47(54)55)58-42(50)37-35-33-31-29-27-25-22-20-18-16-14-12-10-8-6-4-2/h5,7,11,13,17,19,23-24,40,43-46,48,51-53H,3-4,6,8-10,12,14-16,18,20-22,25-39H2,1-2H3,(H,54,55)/b7-5-,13-11-,19-17-,24-23-. The van der Waals surface area contributed by atoms with Gasteiger partial charge in [0, 0.05) is 12.8 Å². The van der Waals surface area contributed by atoms with E-state index < -0.39 is 61.3 Å². The zero-order chi connectivity index (χ0) is 43.2. The minimum Gasteiger partial charge on any atom is -0.479 e. The molecule has 6 unspecified atom stereocenters. The summed E-state index contributed by atoms with van der Waals surface area (Å²) in [7, 11) is 0. The average molecular weight is 835 g/mol. The molecule has 1 fully saturated rings. The van der Waals surface area contributed by atoms with E-state index in [9.17, 15) is 34.8 Å². The normalized spacial score (nSPS) is 20.3. The molecule has 0 aromatic rings. The lowest BCUT2D eigenvalue weighted by Gasteiger charge is -2.38. The van der Waals surface area contributed by atoms with Crippen molar-refractivity contribution in [1.29, 1.82) is 0 Å². The Morgan fingerprint density at radius 3 is 1.51 bits per heavy atom. The molecule has 11 heteroatoms. The number of aliphatic hydroxyl groups is 3. The number of aliphatic hydroxyl groups excluding tert-OH is 3. The molecular weight excluding hydrogens is 753 g/mol. The summed E-state index contributed by atoms with van der Waals surface area (Å²) in [4.78, 5) is 36.9. The van der Waals surface area contributed by atoms with E-state index in [1.807, 2.05) is 0 Å². The molecule has 0 radical (unpaired) electrons. The quantitative estimate of drug-likeness (QED) is 0.0265. The van der Waals surface area contributed by atoms with Crippen LogP contribution in [0.4, 0.5) is 0 Å². The van der Waals surface area contributed by atoms with Gasteiger partial charge in [0.25, 0.3) is 0 Å². The highest BCUT2D eigenvalue weighted by Gasteiger charge is 2.47. The topological polar surface area (TPSA) is 169 Å². The highest BCUT2D eigenvalue weighted by Crippen LogP contribution is 2.23. The molecule has 4 N–H and O–H groups in total. The second kappa shape index (κ2) is 38.1. The maximum absolute atomic E-state index is 12.8. The monoisotopic (exact) mass is 835 g/mol. The number of carboxylic acid groups (broad SMARTS) is 1. The number of carboxylic acids is 1. The van der Waals surface area contributed by atoms with Gasteiger partial charge in [-0.1, -0.05) is 172 Å². The molecule has 59 heavy (non-hydrogen) atoms. The Balaban J connectivity index is 2.37. The SMILES string of the molecule is CC/C=C\C/C=C\C/C=C\C/C=C\CCCCCCC(=O)OCC(COC1OC(C(=O)O)C(O)C(O)C1O)OC(=O)CCCCCCCCCCCCCCCCCC. The van der Waals surface area contributed by atoms with Crippen LogP contribution in [0, 0.1) is 0 Å². The van der Waals surface area contributed by atoms with Gasteiger partial charge in [-0.3, -0.25) is 9.59 Å². The minimum atomic E-state index is -1.86. The van der Waals surface area contributed by atoms with E-state index in [2.05, 4.69) is 62.5 Å². The van der Waals surface area contributed by atoms with E-state index >= 15 is 0 Å². The van der Waals surface area contributed by atoms with Crippen LogP contribution in [0.1, 0.15) is 187 Å². The van der Waals surface area contributed by atoms with E-state index in [0.29, 0.717) is 12.8 Å². The highest BCUT2D eigenvalue weighted by atomic mass is 16.7. The third-order valence-corrected chi connectivity index (χ3v) is 10.4. The van der Waals surface area contributed by atoms with Crippen LogP contribution in [0.5, 0.6) is 0 Å². The summed E-state index contributed by atoms with van der Waals surface area (Å²) < 4.78 is 21.7.